The van der Waals surface area contributed by atoms with Crippen LogP contribution in [-0.4, -0.2) is 24.6 Å². The lowest BCUT2D eigenvalue weighted by atomic mass is 9.98. The smallest absolute Gasteiger partial charge is 0.119 e. The van der Waals surface area contributed by atoms with Crippen LogP contribution in [0, 0.1) is 0 Å². The Morgan fingerprint density at radius 3 is 1.25 bits per heavy atom. The minimum atomic E-state index is 0.0975. The van der Waals surface area contributed by atoms with Crippen LogP contribution < -0.4 is 19.5 Å². The third-order valence-corrected chi connectivity index (χ3v) is 9.89. The first kappa shape index (κ1) is 34.0. The molecule has 2 atom stereocenters. The summed E-state index contributed by atoms with van der Waals surface area (Å²) in [7, 11) is 0. The Bertz CT molecular complexity index is 1980. The molecule has 264 valence electrons. The number of para-hydroxylation sites is 2. The zero-order valence-corrected chi connectivity index (χ0v) is 29.9. The van der Waals surface area contributed by atoms with Crippen molar-refractivity contribution in [3.63, 3.8) is 0 Å². The van der Waals surface area contributed by atoms with Crippen molar-refractivity contribution in [1.29, 1.82) is 0 Å². The molecule has 0 saturated carbocycles. The molecule has 0 aliphatic carbocycles. The number of benzene rings is 6. The lowest BCUT2D eigenvalue weighted by molar-refractivity contribution is 0.279. The van der Waals surface area contributed by atoms with Crippen molar-refractivity contribution in [3.8, 4) is 11.5 Å². The van der Waals surface area contributed by atoms with Crippen molar-refractivity contribution in [2.45, 2.75) is 44.2 Å². The Balaban J connectivity index is 0.835. The van der Waals surface area contributed by atoms with Crippen LogP contribution in [0.15, 0.2) is 180 Å². The highest BCUT2D eigenvalue weighted by Crippen LogP contribution is 2.39. The van der Waals surface area contributed by atoms with E-state index in [1.54, 1.807) is 0 Å². The average Bonchev–Trinajstić information content (AvgIpc) is 3.89. The summed E-state index contributed by atoms with van der Waals surface area (Å²) in [6.45, 7) is 1.33. The molecule has 6 heteroatoms. The molecule has 2 aliphatic heterocycles. The summed E-state index contributed by atoms with van der Waals surface area (Å²) < 4.78 is 12.5. The summed E-state index contributed by atoms with van der Waals surface area (Å²) in [6.07, 6.45) is 4.61. The van der Waals surface area contributed by atoms with Gasteiger partial charge in [-0.15, -0.1) is 0 Å². The Morgan fingerprint density at radius 1 is 0.434 bits per heavy atom. The standard InChI is InChI=1S/C47H44N4O2/c1-6-18-36(19-7-1)44-34-46(50(48-44)40-24-10-3-11-25-40)38-22-16-28-42(32-38)52-30-14-5-15-31-53-43-29-17-23-39(33-43)47-35-45(37-20-8-2-9-21-37)49-51(47)41-26-12-4-13-27-41/h1-4,6-13,16-29,32-33,46-47H,5,14-15,30-31,34-35H2/t46-,47+. The van der Waals surface area contributed by atoms with Gasteiger partial charge in [0.05, 0.1) is 48.1 Å². The summed E-state index contributed by atoms with van der Waals surface area (Å²) in [4.78, 5) is 0. The zero-order valence-electron chi connectivity index (χ0n) is 29.9. The zero-order chi connectivity index (χ0) is 35.7. The Labute approximate surface area is 312 Å². The fourth-order valence-electron chi connectivity index (χ4n) is 7.17. The van der Waals surface area contributed by atoms with E-state index in [1.807, 2.05) is 24.3 Å². The van der Waals surface area contributed by atoms with Gasteiger partial charge in [0.1, 0.15) is 11.5 Å². The molecule has 8 rings (SSSR count). The van der Waals surface area contributed by atoms with Crippen molar-refractivity contribution in [2.75, 3.05) is 23.2 Å². The minimum absolute atomic E-state index is 0.0975. The van der Waals surface area contributed by atoms with Crippen LogP contribution >= 0.6 is 0 Å². The highest BCUT2D eigenvalue weighted by Gasteiger charge is 2.31. The molecule has 0 bridgehead atoms. The van der Waals surface area contributed by atoms with Crippen molar-refractivity contribution < 1.29 is 9.47 Å². The largest absolute Gasteiger partial charge is 0.494 e. The monoisotopic (exact) mass is 696 g/mol. The van der Waals surface area contributed by atoms with Crippen molar-refractivity contribution in [2.24, 2.45) is 10.2 Å². The van der Waals surface area contributed by atoms with Crippen LogP contribution in [0.3, 0.4) is 0 Å². The third-order valence-electron chi connectivity index (χ3n) is 9.89. The summed E-state index contributed by atoms with van der Waals surface area (Å²) >= 11 is 0. The van der Waals surface area contributed by atoms with Crippen molar-refractivity contribution in [1.82, 2.24) is 0 Å². The molecule has 0 spiro atoms. The van der Waals surface area contributed by atoms with E-state index in [0.717, 1.165) is 77.5 Å². The van der Waals surface area contributed by atoms with Gasteiger partial charge in [0, 0.05) is 12.8 Å². The van der Waals surface area contributed by atoms with Gasteiger partial charge >= 0.3 is 0 Å². The summed E-state index contributed by atoms with van der Waals surface area (Å²) in [5, 5.41) is 14.5. The van der Waals surface area contributed by atoms with E-state index in [1.165, 1.54) is 11.1 Å². The molecule has 2 heterocycles. The van der Waals surface area contributed by atoms with Gasteiger partial charge in [-0.25, -0.2) is 0 Å². The van der Waals surface area contributed by atoms with E-state index >= 15 is 0 Å². The highest BCUT2D eigenvalue weighted by molar-refractivity contribution is 6.04. The molecule has 6 aromatic rings. The lowest BCUT2D eigenvalue weighted by Gasteiger charge is -2.24. The maximum Gasteiger partial charge on any atom is 0.119 e. The lowest BCUT2D eigenvalue weighted by Crippen LogP contribution is -2.18. The average molecular weight is 697 g/mol. The van der Waals surface area contributed by atoms with Crippen LogP contribution in [0.25, 0.3) is 0 Å². The summed E-state index contributed by atoms with van der Waals surface area (Å²) in [5.41, 5.74) is 9.08. The summed E-state index contributed by atoms with van der Waals surface area (Å²) in [6, 6.07) is 59.0. The molecule has 6 aromatic carbocycles. The predicted molar refractivity (Wildman–Crippen MR) is 216 cm³/mol. The number of nitrogens with zero attached hydrogens (tertiary/aromatic N) is 4. The number of hydrazone groups is 2. The topological polar surface area (TPSA) is 49.7 Å². The van der Waals surface area contributed by atoms with Gasteiger partial charge in [0.2, 0.25) is 0 Å². The maximum absolute atomic E-state index is 6.27. The molecule has 0 amide bonds. The van der Waals surface area contributed by atoms with Crippen LogP contribution in [-0.2, 0) is 0 Å². The van der Waals surface area contributed by atoms with Gasteiger partial charge in [-0.1, -0.05) is 121 Å². The van der Waals surface area contributed by atoms with E-state index in [-0.39, 0.29) is 12.1 Å². The van der Waals surface area contributed by atoms with E-state index in [9.17, 15) is 0 Å². The summed E-state index contributed by atoms with van der Waals surface area (Å²) in [5.74, 6) is 1.79. The van der Waals surface area contributed by atoms with Crippen LogP contribution in [0.5, 0.6) is 11.5 Å². The predicted octanol–water partition coefficient (Wildman–Crippen LogP) is 11.0. The molecule has 0 radical (unpaired) electrons. The molecule has 2 aliphatic rings. The number of anilines is 2. The number of hydrogen-bond acceptors (Lipinski definition) is 6. The van der Waals surface area contributed by atoms with Gasteiger partial charge in [-0.2, -0.15) is 10.2 Å². The second-order valence-electron chi connectivity index (χ2n) is 13.5. The first-order valence-corrected chi connectivity index (χ1v) is 18.7. The SMILES string of the molecule is c1ccc(C2=NN(c3ccccc3)[C@@H](c3cccc(OCCCCCOc4cccc([C@@H]5CC(c6ccccc6)=NN5c5ccccc5)c4)c3)C2)cc1. The number of hydrogen-bond donors (Lipinski definition) is 0. The maximum atomic E-state index is 6.27. The van der Waals surface area contributed by atoms with Crippen LogP contribution in [0.2, 0.25) is 0 Å². The molecular weight excluding hydrogens is 653 g/mol. The third kappa shape index (κ3) is 8.18. The molecule has 0 fully saturated rings. The van der Waals surface area contributed by atoms with Crippen molar-refractivity contribution >= 4 is 22.8 Å². The van der Waals surface area contributed by atoms with E-state index < -0.39 is 0 Å². The second-order valence-corrected chi connectivity index (χ2v) is 13.5. The first-order valence-electron chi connectivity index (χ1n) is 18.7. The van der Waals surface area contributed by atoms with Crippen LogP contribution in [0.4, 0.5) is 11.4 Å². The quantitative estimate of drug-likeness (QED) is 0.106. The van der Waals surface area contributed by atoms with E-state index in [4.69, 9.17) is 19.7 Å². The number of rotatable bonds is 14. The Morgan fingerprint density at radius 2 is 0.830 bits per heavy atom. The fourth-order valence-corrected chi connectivity index (χ4v) is 7.17. The Kier molecular flexibility index (Phi) is 10.6. The molecule has 0 unspecified atom stereocenters. The van der Waals surface area contributed by atoms with Gasteiger partial charge in [-0.05, 0) is 90.0 Å². The highest BCUT2D eigenvalue weighted by atomic mass is 16.5. The Hall–Kier alpha value is -6.14. The van der Waals surface area contributed by atoms with Crippen LogP contribution in [0.1, 0.15) is 66.4 Å². The molecular formula is C47H44N4O2. The van der Waals surface area contributed by atoms with E-state index in [0.29, 0.717) is 13.2 Å². The van der Waals surface area contributed by atoms with Gasteiger partial charge in [-0.3, -0.25) is 10.0 Å². The van der Waals surface area contributed by atoms with Crippen molar-refractivity contribution in [3.05, 3.63) is 192 Å². The van der Waals surface area contributed by atoms with Gasteiger partial charge < -0.3 is 9.47 Å². The first-order chi connectivity index (χ1) is 26.3. The van der Waals surface area contributed by atoms with E-state index in [2.05, 4.69) is 156 Å². The molecule has 0 saturated heterocycles. The molecule has 0 aromatic heterocycles. The second kappa shape index (κ2) is 16.5. The normalized spacial score (nSPS) is 16.7. The van der Waals surface area contributed by atoms with Gasteiger partial charge in [0.25, 0.3) is 0 Å². The molecule has 0 N–H and O–H groups in total. The molecule has 53 heavy (non-hydrogen) atoms. The fraction of sp³-hybridized carbons (Fsp3) is 0.191. The number of unbranched alkanes of at least 4 members (excludes halogenated alkanes) is 2. The minimum Gasteiger partial charge on any atom is -0.494 e. The molecule has 6 nitrogen and oxygen atoms in total. The number of ether oxygens (including phenoxy) is 2. The van der Waals surface area contributed by atoms with Gasteiger partial charge in [0.15, 0.2) is 0 Å².